The maximum Gasteiger partial charge on any atom is 0.313 e. The van der Waals surface area contributed by atoms with Crippen molar-refractivity contribution >= 4 is 29.1 Å². The van der Waals surface area contributed by atoms with E-state index in [0.29, 0.717) is 18.7 Å². The molecule has 0 unspecified atom stereocenters. The zero-order chi connectivity index (χ0) is 18.2. The maximum absolute atomic E-state index is 13.8. The molecule has 1 aromatic carbocycles. The highest BCUT2D eigenvalue weighted by molar-refractivity contribution is 6.39. The second-order valence-electron chi connectivity index (χ2n) is 5.94. The van der Waals surface area contributed by atoms with E-state index >= 15 is 0 Å². The van der Waals surface area contributed by atoms with Crippen LogP contribution in [0.3, 0.4) is 0 Å². The Balaban J connectivity index is 1.86. The Kier molecular flexibility index (Phi) is 6.68. The summed E-state index contributed by atoms with van der Waals surface area (Å²) in [5, 5.41) is 7.23. The Morgan fingerprint density at radius 2 is 1.92 bits per heavy atom. The molecule has 0 fully saturated rings. The van der Waals surface area contributed by atoms with E-state index in [1.165, 1.54) is 31.1 Å². The molecular formula is C18H22FN3O3. The lowest BCUT2D eigenvalue weighted by atomic mass is 9.97. The fraction of sp³-hybridized carbons (Fsp3) is 0.389. The molecule has 1 aromatic rings. The summed E-state index contributed by atoms with van der Waals surface area (Å²) in [5.41, 5.74) is 1.45. The van der Waals surface area contributed by atoms with Crippen LogP contribution in [0.2, 0.25) is 0 Å². The monoisotopic (exact) mass is 347 g/mol. The van der Waals surface area contributed by atoms with Gasteiger partial charge in [0.2, 0.25) is 5.91 Å². The van der Waals surface area contributed by atoms with Crippen molar-refractivity contribution in [3.8, 4) is 0 Å². The summed E-state index contributed by atoms with van der Waals surface area (Å²) in [6.45, 7) is 1.68. The largest absolute Gasteiger partial charge is 0.348 e. The number of amides is 3. The van der Waals surface area contributed by atoms with Crippen molar-refractivity contribution < 1.29 is 18.8 Å². The number of anilines is 2. The third kappa shape index (κ3) is 6.02. The molecule has 0 bridgehead atoms. The van der Waals surface area contributed by atoms with E-state index in [4.69, 9.17) is 0 Å². The van der Waals surface area contributed by atoms with Gasteiger partial charge in [0, 0.05) is 19.2 Å². The van der Waals surface area contributed by atoms with Gasteiger partial charge in [-0.25, -0.2) is 4.39 Å². The molecule has 25 heavy (non-hydrogen) atoms. The lowest BCUT2D eigenvalue weighted by molar-refractivity contribution is -0.136. The van der Waals surface area contributed by atoms with Gasteiger partial charge in [-0.3, -0.25) is 14.4 Å². The van der Waals surface area contributed by atoms with Crippen LogP contribution in [0.15, 0.2) is 29.8 Å². The van der Waals surface area contributed by atoms with Crippen LogP contribution in [0, 0.1) is 5.82 Å². The molecule has 0 spiro atoms. The van der Waals surface area contributed by atoms with Crippen LogP contribution in [0.5, 0.6) is 0 Å². The molecule has 6 nitrogen and oxygen atoms in total. The summed E-state index contributed by atoms with van der Waals surface area (Å²) in [6.07, 6.45) is 7.34. The van der Waals surface area contributed by atoms with Gasteiger partial charge in [-0.1, -0.05) is 11.6 Å². The number of halogens is 1. The fourth-order valence-corrected chi connectivity index (χ4v) is 2.63. The number of carbonyl (C=O) groups excluding carboxylic acids is 3. The number of allylic oxidation sites excluding steroid dienone is 1. The first-order valence-electron chi connectivity index (χ1n) is 8.30. The molecule has 0 radical (unpaired) electrons. The Morgan fingerprint density at radius 3 is 2.60 bits per heavy atom. The van der Waals surface area contributed by atoms with Gasteiger partial charge in [0.1, 0.15) is 5.82 Å². The topological polar surface area (TPSA) is 87.3 Å². The number of benzene rings is 1. The first-order valence-corrected chi connectivity index (χ1v) is 8.30. The predicted octanol–water partition coefficient (Wildman–Crippen LogP) is 2.73. The minimum atomic E-state index is -0.948. The first kappa shape index (κ1) is 18.6. The Bertz CT molecular complexity index is 701. The van der Waals surface area contributed by atoms with Crippen LogP contribution in [-0.2, 0) is 14.4 Å². The number of hydrogen-bond donors (Lipinski definition) is 3. The van der Waals surface area contributed by atoms with Crippen molar-refractivity contribution in [2.24, 2.45) is 0 Å². The summed E-state index contributed by atoms with van der Waals surface area (Å²) in [7, 11) is 0. The molecule has 2 rings (SSSR count). The molecule has 3 N–H and O–H groups in total. The SMILES string of the molecule is CC(=O)Nc1ccc(F)c(NC(=O)C(=O)NCCC2=CCCCC2)c1. The molecular weight excluding hydrogens is 325 g/mol. The molecule has 0 atom stereocenters. The molecule has 134 valence electrons. The summed E-state index contributed by atoms with van der Waals surface area (Å²) < 4.78 is 13.8. The lowest BCUT2D eigenvalue weighted by Gasteiger charge is -2.13. The van der Waals surface area contributed by atoms with Gasteiger partial charge in [0.25, 0.3) is 0 Å². The van der Waals surface area contributed by atoms with E-state index in [2.05, 4.69) is 22.0 Å². The standard InChI is InChI=1S/C18H22FN3O3/c1-12(23)21-14-7-8-15(19)16(11-14)22-18(25)17(24)20-10-9-13-5-3-2-4-6-13/h5,7-8,11H,2-4,6,9-10H2,1H3,(H,20,24)(H,21,23)(H,22,25). The highest BCUT2D eigenvalue weighted by Gasteiger charge is 2.16. The van der Waals surface area contributed by atoms with Gasteiger partial charge in [-0.2, -0.15) is 0 Å². The highest BCUT2D eigenvalue weighted by atomic mass is 19.1. The molecule has 0 aliphatic heterocycles. The summed E-state index contributed by atoms with van der Waals surface area (Å²) in [5.74, 6) is -2.78. The minimum Gasteiger partial charge on any atom is -0.348 e. The zero-order valence-electron chi connectivity index (χ0n) is 14.2. The smallest absolute Gasteiger partial charge is 0.313 e. The Labute approximate surface area is 145 Å². The van der Waals surface area contributed by atoms with Gasteiger partial charge < -0.3 is 16.0 Å². The van der Waals surface area contributed by atoms with Gasteiger partial charge >= 0.3 is 11.8 Å². The first-order chi connectivity index (χ1) is 12.0. The normalized spacial score (nSPS) is 13.6. The van der Waals surface area contributed by atoms with E-state index in [9.17, 15) is 18.8 Å². The van der Waals surface area contributed by atoms with Crippen LogP contribution in [0.25, 0.3) is 0 Å². The third-order valence-electron chi connectivity index (χ3n) is 3.86. The fourth-order valence-electron chi connectivity index (χ4n) is 2.63. The van der Waals surface area contributed by atoms with Crippen molar-refractivity contribution in [2.45, 2.75) is 39.0 Å². The second-order valence-corrected chi connectivity index (χ2v) is 5.94. The molecule has 3 amide bonds. The zero-order valence-corrected chi connectivity index (χ0v) is 14.2. The number of carbonyl (C=O) groups is 3. The highest BCUT2D eigenvalue weighted by Crippen LogP contribution is 2.20. The number of nitrogens with one attached hydrogen (secondary N) is 3. The van der Waals surface area contributed by atoms with Crippen molar-refractivity contribution in [3.05, 3.63) is 35.7 Å². The Hall–Kier alpha value is -2.70. The van der Waals surface area contributed by atoms with Gasteiger partial charge in [-0.05, 0) is 50.3 Å². The molecule has 0 saturated heterocycles. The van der Waals surface area contributed by atoms with Crippen molar-refractivity contribution in [1.82, 2.24) is 5.32 Å². The Morgan fingerprint density at radius 1 is 1.12 bits per heavy atom. The third-order valence-corrected chi connectivity index (χ3v) is 3.86. The summed E-state index contributed by atoms with van der Waals surface area (Å²) >= 11 is 0. The van der Waals surface area contributed by atoms with Crippen LogP contribution < -0.4 is 16.0 Å². The van der Waals surface area contributed by atoms with Crippen LogP contribution in [0.4, 0.5) is 15.8 Å². The van der Waals surface area contributed by atoms with E-state index in [1.54, 1.807) is 0 Å². The molecule has 0 saturated carbocycles. The van der Waals surface area contributed by atoms with Crippen molar-refractivity contribution in [2.75, 3.05) is 17.2 Å². The number of rotatable bonds is 5. The van der Waals surface area contributed by atoms with Gasteiger partial charge in [0.05, 0.1) is 5.69 Å². The van der Waals surface area contributed by atoms with Crippen LogP contribution in [0.1, 0.15) is 39.0 Å². The van der Waals surface area contributed by atoms with E-state index in [1.807, 2.05) is 0 Å². The maximum atomic E-state index is 13.8. The summed E-state index contributed by atoms with van der Waals surface area (Å²) in [6, 6.07) is 3.73. The lowest BCUT2D eigenvalue weighted by Crippen LogP contribution is -2.36. The molecule has 7 heteroatoms. The van der Waals surface area contributed by atoms with Crippen LogP contribution >= 0.6 is 0 Å². The second kappa shape index (κ2) is 8.96. The molecule has 1 aliphatic rings. The minimum absolute atomic E-state index is 0.165. The molecule has 0 heterocycles. The van der Waals surface area contributed by atoms with Crippen LogP contribution in [-0.4, -0.2) is 24.3 Å². The van der Waals surface area contributed by atoms with Gasteiger partial charge in [0.15, 0.2) is 0 Å². The molecule has 0 aromatic heterocycles. The average Bonchev–Trinajstić information content (AvgIpc) is 2.58. The van der Waals surface area contributed by atoms with E-state index in [0.717, 1.165) is 25.3 Å². The predicted molar refractivity (Wildman–Crippen MR) is 93.5 cm³/mol. The quantitative estimate of drug-likeness (QED) is 0.565. The molecule has 1 aliphatic carbocycles. The van der Waals surface area contributed by atoms with Crippen molar-refractivity contribution in [3.63, 3.8) is 0 Å². The van der Waals surface area contributed by atoms with E-state index in [-0.39, 0.29) is 11.6 Å². The summed E-state index contributed by atoms with van der Waals surface area (Å²) in [4.78, 5) is 34.7. The van der Waals surface area contributed by atoms with Crippen molar-refractivity contribution in [1.29, 1.82) is 0 Å². The average molecular weight is 347 g/mol. The van der Waals surface area contributed by atoms with Gasteiger partial charge in [-0.15, -0.1) is 0 Å². The number of hydrogen-bond acceptors (Lipinski definition) is 3. The van der Waals surface area contributed by atoms with E-state index < -0.39 is 17.6 Å².